The molecule has 0 bridgehead atoms. The average molecular weight is 286 g/mol. The van der Waals surface area contributed by atoms with Crippen molar-refractivity contribution in [3.63, 3.8) is 0 Å². The lowest BCUT2D eigenvalue weighted by atomic mass is 10.1. The summed E-state index contributed by atoms with van der Waals surface area (Å²) < 4.78 is 0. The number of carboxylic acid groups (broad SMARTS) is 1. The van der Waals surface area contributed by atoms with Gasteiger partial charge in [-0.2, -0.15) is 0 Å². The number of pyridine rings is 1. The van der Waals surface area contributed by atoms with Gasteiger partial charge in [-0.3, -0.25) is 14.9 Å². The monoisotopic (exact) mass is 285 g/mol. The molecule has 0 aromatic carbocycles. The lowest BCUT2D eigenvalue weighted by molar-refractivity contribution is -0.384. The second-order valence-corrected chi connectivity index (χ2v) is 4.78. The summed E-state index contributed by atoms with van der Waals surface area (Å²) in [6, 6.07) is 0.977. The van der Waals surface area contributed by atoms with E-state index in [-0.39, 0.29) is 29.0 Å². The van der Waals surface area contributed by atoms with Crippen LogP contribution < -0.4 is 4.90 Å². The first-order valence-electron chi connectivity index (χ1n) is 5.77. The Morgan fingerprint density at radius 2 is 2.42 bits per heavy atom. The Balaban J connectivity index is 2.35. The third kappa shape index (κ3) is 2.93. The van der Waals surface area contributed by atoms with Crippen molar-refractivity contribution in [2.75, 3.05) is 11.4 Å². The molecule has 1 N–H and O–H groups in total. The summed E-state index contributed by atoms with van der Waals surface area (Å²) in [7, 11) is 0. The molecule has 1 aliphatic heterocycles. The summed E-state index contributed by atoms with van der Waals surface area (Å²) in [4.78, 5) is 27.0. The van der Waals surface area contributed by atoms with Gasteiger partial charge in [-0.05, 0) is 12.8 Å². The van der Waals surface area contributed by atoms with Gasteiger partial charge in [0.2, 0.25) is 5.82 Å². The van der Waals surface area contributed by atoms with Gasteiger partial charge in [-0.15, -0.1) is 0 Å². The van der Waals surface area contributed by atoms with E-state index in [1.807, 2.05) is 0 Å². The fraction of sp³-hybridized carbons (Fsp3) is 0.455. The molecule has 19 heavy (non-hydrogen) atoms. The second-order valence-electron chi connectivity index (χ2n) is 4.34. The van der Waals surface area contributed by atoms with E-state index in [1.165, 1.54) is 12.3 Å². The van der Waals surface area contributed by atoms with Crippen molar-refractivity contribution >= 4 is 29.1 Å². The zero-order valence-electron chi connectivity index (χ0n) is 9.95. The van der Waals surface area contributed by atoms with Crippen LogP contribution in [-0.2, 0) is 4.79 Å². The van der Waals surface area contributed by atoms with E-state index in [0.29, 0.717) is 13.0 Å². The first-order chi connectivity index (χ1) is 8.99. The first-order valence-corrected chi connectivity index (χ1v) is 6.15. The SMILES string of the molecule is O=C(O)CC1CCCN1c1ncc(Cl)cc1[N+](=O)[O-]. The Morgan fingerprint density at radius 3 is 3.05 bits per heavy atom. The van der Waals surface area contributed by atoms with E-state index < -0.39 is 10.9 Å². The van der Waals surface area contributed by atoms with Crippen LogP contribution in [0.4, 0.5) is 11.5 Å². The smallest absolute Gasteiger partial charge is 0.313 e. The summed E-state index contributed by atoms with van der Waals surface area (Å²) in [5.74, 6) is -0.730. The Bertz CT molecular complexity index is 523. The van der Waals surface area contributed by atoms with E-state index in [9.17, 15) is 14.9 Å². The number of aromatic nitrogens is 1. The molecule has 1 saturated heterocycles. The van der Waals surface area contributed by atoms with Crippen LogP contribution in [0.5, 0.6) is 0 Å². The molecule has 1 aromatic heterocycles. The summed E-state index contributed by atoms with van der Waals surface area (Å²) in [6.45, 7) is 0.563. The Hall–Kier alpha value is -1.89. The predicted molar refractivity (Wildman–Crippen MR) is 68.5 cm³/mol. The minimum absolute atomic E-state index is 0.0541. The summed E-state index contributed by atoms with van der Waals surface area (Å²) in [5.41, 5.74) is -0.190. The van der Waals surface area contributed by atoms with Gasteiger partial charge in [-0.25, -0.2) is 4.98 Å². The number of nitro groups is 1. The summed E-state index contributed by atoms with van der Waals surface area (Å²) in [6.07, 6.45) is 2.76. The van der Waals surface area contributed by atoms with Crippen molar-refractivity contribution in [3.8, 4) is 0 Å². The van der Waals surface area contributed by atoms with Gasteiger partial charge in [0, 0.05) is 24.8 Å². The predicted octanol–water partition coefficient (Wildman–Crippen LogP) is 2.09. The zero-order valence-corrected chi connectivity index (χ0v) is 10.7. The molecule has 1 unspecified atom stereocenters. The van der Waals surface area contributed by atoms with Crippen LogP contribution in [-0.4, -0.2) is 33.6 Å². The molecule has 1 atom stereocenters. The topological polar surface area (TPSA) is 96.6 Å². The minimum Gasteiger partial charge on any atom is -0.481 e. The number of hydrogen-bond donors (Lipinski definition) is 1. The quantitative estimate of drug-likeness (QED) is 0.672. The van der Waals surface area contributed by atoms with Gasteiger partial charge in [0.05, 0.1) is 16.4 Å². The first kappa shape index (κ1) is 13.5. The van der Waals surface area contributed by atoms with Gasteiger partial charge in [0.15, 0.2) is 0 Å². The van der Waals surface area contributed by atoms with E-state index in [2.05, 4.69) is 4.98 Å². The molecule has 0 spiro atoms. The van der Waals surface area contributed by atoms with Crippen molar-refractivity contribution in [2.45, 2.75) is 25.3 Å². The van der Waals surface area contributed by atoms with Crippen molar-refractivity contribution in [3.05, 3.63) is 27.4 Å². The van der Waals surface area contributed by atoms with Gasteiger partial charge in [0.25, 0.3) is 0 Å². The minimum atomic E-state index is -0.923. The molecule has 1 fully saturated rings. The molecule has 1 aliphatic rings. The zero-order chi connectivity index (χ0) is 14.0. The third-order valence-corrected chi connectivity index (χ3v) is 3.28. The number of carbonyl (C=O) groups is 1. The molecule has 102 valence electrons. The largest absolute Gasteiger partial charge is 0.481 e. The van der Waals surface area contributed by atoms with Crippen molar-refractivity contribution < 1.29 is 14.8 Å². The average Bonchev–Trinajstić information content (AvgIpc) is 2.76. The van der Waals surface area contributed by atoms with Crippen LogP contribution in [0.1, 0.15) is 19.3 Å². The maximum atomic E-state index is 11.0. The highest BCUT2D eigenvalue weighted by Crippen LogP contribution is 2.34. The number of carboxylic acids is 1. The Labute approximate surface area is 114 Å². The molecule has 0 aliphatic carbocycles. The maximum Gasteiger partial charge on any atom is 0.313 e. The highest BCUT2D eigenvalue weighted by atomic mass is 35.5. The molecule has 2 heterocycles. The standard InChI is InChI=1S/C11H12ClN3O4/c12-7-4-9(15(18)19)11(13-6-7)14-3-1-2-8(14)5-10(16)17/h4,6,8H,1-3,5H2,(H,16,17). The van der Waals surface area contributed by atoms with E-state index in [1.54, 1.807) is 4.90 Å². The van der Waals surface area contributed by atoms with E-state index in [0.717, 1.165) is 6.42 Å². The summed E-state index contributed by atoms with van der Waals surface area (Å²) >= 11 is 5.71. The van der Waals surface area contributed by atoms with Crippen molar-refractivity contribution in [1.82, 2.24) is 4.98 Å². The molecular weight excluding hydrogens is 274 g/mol. The number of anilines is 1. The third-order valence-electron chi connectivity index (χ3n) is 3.07. The Kier molecular flexibility index (Phi) is 3.84. The molecule has 2 rings (SSSR count). The van der Waals surface area contributed by atoms with Crippen molar-refractivity contribution in [2.24, 2.45) is 0 Å². The van der Waals surface area contributed by atoms with Gasteiger partial charge < -0.3 is 10.0 Å². The van der Waals surface area contributed by atoms with Crippen LogP contribution in [0.15, 0.2) is 12.3 Å². The van der Waals surface area contributed by atoms with Gasteiger partial charge in [0.1, 0.15) is 0 Å². The van der Waals surface area contributed by atoms with Gasteiger partial charge >= 0.3 is 11.7 Å². The van der Waals surface area contributed by atoms with Crippen LogP contribution in [0.3, 0.4) is 0 Å². The highest BCUT2D eigenvalue weighted by Gasteiger charge is 2.32. The van der Waals surface area contributed by atoms with Gasteiger partial charge in [-0.1, -0.05) is 11.6 Å². The fourth-order valence-electron chi connectivity index (χ4n) is 2.31. The lowest BCUT2D eigenvalue weighted by Crippen LogP contribution is -2.32. The number of hydrogen-bond acceptors (Lipinski definition) is 5. The Morgan fingerprint density at radius 1 is 1.68 bits per heavy atom. The molecule has 1 aromatic rings. The number of aliphatic carboxylic acids is 1. The maximum absolute atomic E-state index is 11.0. The molecule has 0 radical (unpaired) electrons. The second kappa shape index (κ2) is 5.40. The van der Waals surface area contributed by atoms with E-state index >= 15 is 0 Å². The molecular formula is C11H12ClN3O4. The molecule has 0 amide bonds. The van der Waals surface area contributed by atoms with E-state index in [4.69, 9.17) is 16.7 Å². The summed E-state index contributed by atoms with van der Waals surface area (Å²) in [5, 5.41) is 20.1. The molecule has 0 saturated carbocycles. The van der Waals surface area contributed by atoms with Crippen molar-refractivity contribution in [1.29, 1.82) is 0 Å². The van der Waals surface area contributed by atoms with Crippen LogP contribution >= 0.6 is 11.6 Å². The normalized spacial score (nSPS) is 18.6. The van der Waals surface area contributed by atoms with Crippen LogP contribution in [0.2, 0.25) is 5.02 Å². The van der Waals surface area contributed by atoms with Crippen LogP contribution in [0.25, 0.3) is 0 Å². The highest BCUT2D eigenvalue weighted by molar-refractivity contribution is 6.30. The fourth-order valence-corrected chi connectivity index (χ4v) is 2.46. The lowest BCUT2D eigenvalue weighted by Gasteiger charge is -2.24. The number of halogens is 1. The molecule has 8 heteroatoms. The van der Waals surface area contributed by atoms with Crippen LogP contribution in [0, 0.1) is 10.1 Å². The molecule has 7 nitrogen and oxygen atoms in total. The number of nitrogens with zero attached hydrogens (tertiary/aromatic N) is 3. The number of rotatable bonds is 4.